The number of amides is 2. The first kappa shape index (κ1) is 56.7. The molecule has 0 bridgehead atoms. The smallest absolute Gasteiger partial charge is 0.254 e. The first-order chi connectivity index (χ1) is 41.4. The second kappa shape index (κ2) is 22.9. The van der Waals surface area contributed by atoms with E-state index < -0.39 is 40.8 Å². The van der Waals surface area contributed by atoms with Gasteiger partial charge in [-0.05, 0) is 130 Å². The molecule has 4 aromatic carbocycles. The van der Waals surface area contributed by atoms with Gasteiger partial charge in [0, 0.05) is 100 Å². The van der Waals surface area contributed by atoms with Crippen LogP contribution in [0.1, 0.15) is 186 Å². The summed E-state index contributed by atoms with van der Waals surface area (Å²) in [5, 5.41) is 60.3. The molecule has 4 heterocycles. The predicted octanol–water partition coefficient (Wildman–Crippen LogP) is 11.1. The van der Waals surface area contributed by atoms with Crippen molar-refractivity contribution in [2.24, 2.45) is 23.7 Å². The van der Waals surface area contributed by atoms with Crippen LogP contribution in [0.4, 0.5) is 5.69 Å². The number of carbonyl (C=O) groups is 2. The Bertz CT molecular complexity index is 3270. The third-order valence-corrected chi connectivity index (χ3v) is 22.4. The maximum Gasteiger partial charge on any atom is 0.254 e. The third kappa shape index (κ3) is 9.54. The molecule has 0 aromatic heterocycles. The van der Waals surface area contributed by atoms with E-state index in [1.54, 1.807) is 17.0 Å². The molecule has 6 aliphatic carbocycles. The summed E-state index contributed by atoms with van der Waals surface area (Å²) in [6, 6.07) is 16.7. The number of imide groups is 1. The molecule has 4 saturated carbocycles. The summed E-state index contributed by atoms with van der Waals surface area (Å²) < 4.78 is 33.7. The van der Waals surface area contributed by atoms with Crippen molar-refractivity contribution in [2.75, 3.05) is 45.4 Å². The number of aliphatic hydroxyl groups excluding tert-OH is 3. The Labute approximate surface area is 499 Å². The quantitative estimate of drug-likeness (QED) is 0.0413. The fraction of sp³-hybridized carbons (Fsp3) is 0.571. The van der Waals surface area contributed by atoms with E-state index in [0.29, 0.717) is 59.6 Å². The van der Waals surface area contributed by atoms with E-state index in [1.165, 1.54) is 57.8 Å². The van der Waals surface area contributed by atoms with Crippen molar-refractivity contribution in [1.82, 2.24) is 15.5 Å². The van der Waals surface area contributed by atoms with Crippen molar-refractivity contribution in [3.63, 3.8) is 0 Å². The van der Waals surface area contributed by atoms with Crippen LogP contribution >= 0.6 is 0 Å². The van der Waals surface area contributed by atoms with Gasteiger partial charge in [0.05, 0.1) is 44.1 Å². The topological polar surface area (TPSA) is 201 Å². The number of rotatable bonds is 16. The predicted molar refractivity (Wildman–Crippen MR) is 324 cm³/mol. The van der Waals surface area contributed by atoms with Crippen LogP contribution in [0.5, 0.6) is 34.5 Å². The van der Waals surface area contributed by atoms with Crippen molar-refractivity contribution >= 4 is 23.6 Å². The van der Waals surface area contributed by atoms with Crippen molar-refractivity contribution in [2.45, 2.75) is 189 Å². The molecule has 2 amide bonds. The minimum absolute atomic E-state index is 0.0346. The van der Waals surface area contributed by atoms with Crippen molar-refractivity contribution < 1.29 is 53.7 Å². The molecule has 10 atom stereocenters. The number of allylic oxidation sites excluding steroid dienone is 1. The molecule has 1 saturated heterocycles. The SMILES string of the molecule is COc1cc(C2COc3cc4c5c(c3C2O)CCc2c(OCCNC3CCCCC3)cc(OC36CCCCC3CCC(C)N6)c(c2-5)C(O)N4)cc(OCC(CO)C23CCCC(C4(N5C(=O)C=CC5=O)CCCCC4)C2C=Cc2ccccc23)c1O. The fourth-order valence-corrected chi connectivity index (χ4v) is 18.5. The first-order valence-electron chi connectivity index (χ1n) is 32.4. The Hall–Kier alpha value is -6.10. The third-order valence-electron chi connectivity index (χ3n) is 22.4. The molecule has 452 valence electrons. The molecule has 7 N–H and O–H groups in total. The van der Waals surface area contributed by atoms with Crippen LogP contribution in [-0.4, -0.2) is 101 Å². The molecule has 4 aromatic rings. The molecular weight excluding hydrogens is 1070 g/mol. The van der Waals surface area contributed by atoms with Gasteiger partial charge in [-0.15, -0.1) is 0 Å². The van der Waals surface area contributed by atoms with Crippen molar-refractivity contribution in [3.8, 4) is 45.6 Å². The number of methoxy groups -OCH3 is 1. The molecule has 15 nitrogen and oxygen atoms in total. The molecule has 85 heavy (non-hydrogen) atoms. The highest BCUT2D eigenvalue weighted by Crippen LogP contribution is 2.62. The van der Waals surface area contributed by atoms with Gasteiger partial charge in [0.2, 0.25) is 5.75 Å². The lowest BCUT2D eigenvalue weighted by Crippen LogP contribution is -2.64. The first-order valence-corrected chi connectivity index (χ1v) is 32.4. The largest absolute Gasteiger partial charge is 0.502 e. The summed E-state index contributed by atoms with van der Waals surface area (Å²) in [5.41, 5.74) is 6.82. The standard InChI is InChI=1S/C70H86N4O11/c1-41-20-22-44-15-9-12-31-70(44,73-41)85-56-37-54(82-33-32-71-46-16-5-3-6-17-46)47-23-24-48-61-53(72-67(80)64(56)63(47)61)36-55-62(48)65(78)49(40-84-55)43-34-57(81-2)66(79)58(35-43)83-39-45(38-75)69-30-13-19-51(52(69)25-21-42-14-7-8-18-50(42)69)68(28-10-4-11-29-68)74-59(76)26-27-60(74)77/h7-8,14,18,21,25-27,34-37,41,44-46,49,51-52,65,67,71-73,75,78-80H,3-6,9-13,15-17,19-20,22-24,28-33,38-40H2,1-2H3. The molecule has 0 radical (unpaired) electrons. The minimum Gasteiger partial charge on any atom is -0.502 e. The molecule has 5 fully saturated rings. The van der Waals surface area contributed by atoms with Gasteiger partial charge in [-0.2, -0.15) is 0 Å². The second-order valence-electron chi connectivity index (χ2n) is 26.7. The van der Waals surface area contributed by atoms with Gasteiger partial charge in [-0.3, -0.25) is 19.8 Å². The van der Waals surface area contributed by atoms with Crippen LogP contribution in [-0.2, 0) is 27.8 Å². The number of aliphatic hydroxyl groups is 3. The molecular formula is C70H86N4O11. The van der Waals surface area contributed by atoms with Crippen LogP contribution in [0.3, 0.4) is 0 Å². The normalized spacial score (nSPS) is 30.2. The van der Waals surface area contributed by atoms with E-state index in [-0.39, 0.29) is 66.8 Å². The molecule has 10 unspecified atom stereocenters. The number of piperidine rings is 1. The highest BCUT2D eigenvalue weighted by molar-refractivity contribution is 6.13. The van der Waals surface area contributed by atoms with E-state index in [0.717, 1.165) is 135 Å². The van der Waals surface area contributed by atoms with E-state index in [4.69, 9.17) is 23.7 Å². The lowest BCUT2D eigenvalue weighted by molar-refractivity contribution is -0.153. The zero-order valence-electron chi connectivity index (χ0n) is 49.6. The zero-order chi connectivity index (χ0) is 58.2. The number of ether oxygens (including phenoxy) is 5. The molecule has 15 heteroatoms. The van der Waals surface area contributed by atoms with Gasteiger partial charge < -0.3 is 54.7 Å². The Kier molecular flexibility index (Phi) is 15.3. The fourth-order valence-electron chi connectivity index (χ4n) is 18.5. The number of hydrogen-bond acceptors (Lipinski definition) is 14. The van der Waals surface area contributed by atoms with Gasteiger partial charge in [-0.25, -0.2) is 0 Å². The second-order valence-corrected chi connectivity index (χ2v) is 26.7. The Morgan fingerprint density at radius 2 is 1.54 bits per heavy atom. The summed E-state index contributed by atoms with van der Waals surface area (Å²) in [6.07, 6.45) is 25.7. The van der Waals surface area contributed by atoms with E-state index in [2.05, 4.69) is 53.2 Å². The number of anilines is 1. The summed E-state index contributed by atoms with van der Waals surface area (Å²) in [7, 11) is 1.50. The van der Waals surface area contributed by atoms with Crippen LogP contribution in [0.2, 0.25) is 0 Å². The van der Waals surface area contributed by atoms with Crippen LogP contribution in [0.25, 0.3) is 17.2 Å². The number of nitrogens with zero attached hydrogens (tertiary/aromatic N) is 1. The molecule has 14 rings (SSSR count). The summed E-state index contributed by atoms with van der Waals surface area (Å²) >= 11 is 0. The Morgan fingerprint density at radius 3 is 2.35 bits per heavy atom. The van der Waals surface area contributed by atoms with Gasteiger partial charge in [-0.1, -0.05) is 87.8 Å². The van der Waals surface area contributed by atoms with Crippen molar-refractivity contribution in [3.05, 3.63) is 106 Å². The Balaban J connectivity index is 0.795. The number of phenols is 1. The van der Waals surface area contributed by atoms with E-state index in [1.807, 2.05) is 18.2 Å². The lowest BCUT2D eigenvalue weighted by Gasteiger charge is -2.60. The highest BCUT2D eigenvalue weighted by atomic mass is 16.5. The Morgan fingerprint density at radius 1 is 0.776 bits per heavy atom. The monoisotopic (exact) mass is 1160 g/mol. The number of carbonyl (C=O) groups excluding carboxylic acids is 2. The molecule has 0 spiro atoms. The summed E-state index contributed by atoms with van der Waals surface area (Å²) in [4.78, 5) is 29.0. The maximum absolute atomic E-state index is 13.7. The average molecular weight is 1160 g/mol. The summed E-state index contributed by atoms with van der Waals surface area (Å²) in [5.74, 6) is 0.636. The van der Waals surface area contributed by atoms with Crippen LogP contribution in [0.15, 0.2) is 66.8 Å². The number of nitrogens with one attached hydrogen (secondary N) is 3. The van der Waals surface area contributed by atoms with Gasteiger partial charge >= 0.3 is 0 Å². The van der Waals surface area contributed by atoms with Crippen molar-refractivity contribution in [1.29, 1.82) is 0 Å². The molecule has 4 aliphatic heterocycles. The average Bonchev–Trinajstić information content (AvgIpc) is 1.30. The highest BCUT2D eigenvalue weighted by Gasteiger charge is 2.60. The number of benzene rings is 4. The van der Waals surface area contributed by atoms with E-state index in [9.17, 15) is 30.0 Å². The van der Waals surface area contributed by atoms with Gasteiger partial charge in [0.1, 0.15) is 23.9 Å². The maximum atomic E-state index is 13.7. The van der Waals surface area contributed by atoms with Gasteiger partial charge in [0.15, 0.2) is 23.5 Å². The van der Waals surface area contributed by atoms with Crippen LogP contribution < -0.4 is 39.6 Å². The zero-order valence-corrected chi connectivity index (χ0v) is 49.6. The lowest BCUT2D eigenvalue weighted by atomic mass is 9.47. The summed E-state index contributed by atoms with van der Waals surface area (Å²) in [6.45, 7) is 3.38. The number of hydrogen-bond donors (Lipinski definition) is 7. The van der Waals surface area contributed by atoms with Crippen LogP contribution in [0, 0.1) is 23.7 Å². The van der Waals surface area contributed by atoms with E-state index >= 15 is 0 Å². The number of fused-ring (bicyclic) bond motifs is 6. The number of phenolic OH excluding ortho intramolecular Hbond substituents is 1. The minimum atomic E-state index is -1.08. The van der Waals surface area contributed by atoms with Gasteiger partial charge in [0.25, 0.3) is 11.8 Å². The molecule has 10 aliphatic rings. The number of aromatic hydroxyl groups is 1.